The predicted octanol–water partition coefficient (Wildman–Crippen LogP) is 6.62. The summed E-state index contributed by atoms with van der Waals surface area (Å²) in [7, 11) is 3.35. The highest BCUT2D eigenvalue weighted by atomic mass is 19.1. The van der Waals surface area contributed by atoms with Gasteiger partial charge in [0.2, 0.25) is 0 Å². The number of esters is 1. The number of imidazole rings is 1. The van der Waals surface area contributed by atoms with E-state index in [1.807, 2.05) is 42.1 Å². The molecular weight excluding hydrogens is 495 g/mol. The number of carbonyl (C=O) groups is 1. The topological polar surface area (TPSA) is 62.6 Å². The van der Waals surface area contributed by atoms with E-state index in [0.29, 0.717) is 30.1 Å². The fourth-order valence-corrected chi connectivity index (χ4v) is 6.07. The van der Waals surface area contributed by atoms with Crippen LogP contribution in [0.2, 0.25) is 0 Å². The van der Waals surface area contributed by atoms with E-state index >= 15 is 4.39 Å². The van der Waals surface area contributed by atoms with Crippen molar-refractivity contribution in [3.05, 3.63) is 88.6 Å². The summed E-state index contributed by atoms with van der Waals surface area (Å²) in [6, 6.07) is 13.4. The summed E-state index contributed by atoms with van der Waals surface area (Å²) in [6.07, 6.45) is 5.12. The van der Waals surface area contributed by atoms with Crippen LogP contribution >= 0.6 is 0 Å². The van der Waals surface area contributed by atoms with Crippen LogP contribution in [0, 0.1) is 19.7 Å². The van der Waals surface area contributed by atoms with Crippen molar-refractivity contribution in [1.29, 1.82) is 0 Å². The van der Waals surface area contributed by atoms with Gasteiger partial charge in [-0.15, -0.1) is 0 Å². The number of rotatable bonds is 6. The zero-order valence-electron chi connectivity index (χ0n) is 22.6. The second-order valence-corrected chi connectivity index (χ2v) is 10.5. The third kappa shape index (κ3) is 4.56. The highest BCUT2D eigenvalue weighted by Crippen LogP contribution is 2.45. The van der Waals surface area contributed by atoms with E-state index < -0.39 is 6.10 Å². The van der Waals surface area contributed by atoms with Gasteiger partial charge in [-0.25, -0.2) is 9.37 Å². The van der Waals surface area contributed by atoms with Crippen LogP contribution in [-0.4, -0.2) is 29.2 Å². The van der Waals surface area contributed by atoms with Crippen LogP contribution in [0.3, 0.4) is 0 Å². The van der Waals surface area contributed by atoms with Gasteiger partial charge in [0.25, 0.3) is 0 Å². The van der Waals surface area contributed by atoms with Gasteiger partial charge >= 0.3 is 5.97 Å². The summed E-state index contributed by atoms with van der Waals surface area (Å²) < 4.78 is 34.2. The molecule has 0 N–H and O–H groups in total. The van der Waals surface area contributed by atoms with Crippen LogP contribution in [0.25, 0.3) is 22.4 Å². The van der Waals surface area contributed by atoms with Gasteiger partial charge < -0.3 is 18.8 Å². The van der Waals surface area contributed by atoms with Gasteiger partial charge in [0, 0.05) is 41.9 Å². The lowest BCUT2D eigenvalue weighted by atomic mass is 9.88. The summed E-state index contributed by atoms with van der Waals surface area (Å²) in [5.41, 5.74) is 9.06. The third-order valence-electron chi connectivity index (χ3n) is 7.87. The molecule has 2 aliphatic rings. The number of fused-ring (bicyclic) bond motifs is 2. The summed E-state index contributed by atoms with van der Waals surface area (Å²) >= 11 is 0. The van der Waals surface area contributed by atoms with Crippen molar-refractivity contribution in [1.82, 2.24) is 9.55 Å². The Hall–Kier alpha value is -4.13. The average molecular weight is 527 g/mol. The number of methoxy groups -OCH3 is 1. The minimum absolute atomic E-state index is 0.0377. The molecule has 1 aliphatic heterocycles. The summed E-state index contributed by atoms with van der Waals surface area (Å²) in [5.74, 6) is 0.786. The van der Waals surface area contributed by atoms with Gasteiger partial charge in [0.05, 0.1) is 32.2 Å². The number of nitrogens with zero attached hydrogens (tertiary/aromatic N) is 2. The molecule has 2 heterocycles. The molecule has 0 saturated heterocycles. The Balaban J connectivity index is 1.29. The molecule has 4 aromatic rings. The van der Waals surface area contributed by atoms with Crippen molar-refractivity contribution in [2.24, 2.45) is 7.05 Å². The van der Waals surface area contributed by atoms with Gasteiger partial charge in [-0.1, -0.05) is 12.1 Å². The summed E-state index contributed by atoms with van der Waals surface area (Å²) in [4.78, 5) is 16.2. The lowest BCUT2D eigenvalue weighted by Gasteiger charge is -2.19. The highest BCUT2D eigenvalue weighted by Gasteiger charge is 2.32. The van der Waals surface area contributed by atoms with Crippen LogP contribution in [0.15, 0.2) is 55.0 Å². The minimum atomic E-state index is -0.390. The fraction of sp³-hybridized carbons (Fsp3) is 0.312. The molecule has 1 aliphatic carbocycles. The summed E-state index contributed by atoms with van der Waals surface area (Å²) in [5, 5.41) is 0. The molecule has 1 aromatic heterocycles. The van der Waals surface area contributed by atoms with Gasteiger partial charge in [0.1, 0.15) is 23.4 Å². The second kappa shape index (κ2) is 9.88. The number of aromatic nitrogens is 2. The van der Waals surface area contributed by atoms with Crippen LogP contribution in [0.4, 0.5) is 4.39 Å². The predicted molar refractivity (Wildman–Crippen MR) is 147 cm³/mol. The third-order valence-corrected chi connectivity index (χ3v) is 7.87. The molecule has 0 saturated carbocycles. The SMILES string of the molecule is COC(=O)CC1COc2cc(O[C@@H]3CCc4c(-c5c(C)cc(-c6cn(C)cn6)cc5C)ccc(F)c43)ccc21. The van der Waals surface area contributed by atoms with Crippen molar-refractivity contribution in [3.63, 3.8) is 0 Å². The van der Waals surface area contributed by atoms with Crippen molar-refractivity contribution in [2.45, 2.75) is 45.1 Å². The number of carbonyl (C=O) groups excluding carboxylic acids is 1. The Morgan fingerprint density at radius 1 is 1.15 bits per heavy atom. The smallest absolute Gasteiger partial charge is 0.306 e. The van der Waals surface area contributed by atoms with Gasteiger partial charge in [-0.2, -0.15) is 0 Å². The lowest BCUT2D eigenvalue weighted by Crippen LogP contribution is -2.09. The largest absolute Gasteiger partial charge is 0.492 e. The molecule has 0 spiro atoms. The standard InChI is InChI=1S/C32H31FN2O4/c1-18-11-20(27-15-35(3)17-34-27)12-19(2)31(18)24-7-9-26(33)32-25(24)8-10-28(32)39-22-5-6-23-21(13-30(36)37-4)16-38-29(23)14-22/h5-7,9,11-12,14-15,17,21,28H,8,10,13,16H2,1-4H3/t21?,28-/m1/s1. The van der Waals surface area contributed by atoms with Crippen LogP contribution in [0.1, 0.15) is 52.7 Å². The van der Waals surface area contributed by atoms with E-state index in [4.69, 9.17) is 14.2 Å². The molecule has 7 heteroatoms. The van der Waals surface area contributed by atoms with Gasteiger partial charge in [0.15, 0.2) is 0 Å². The lowest BCUT2D eigenvalue weighted by molar-refractivity contribution is -0.141. The molecule has 1 unspecified atom stereocenters. The molecule has 39 heavy (non-hydrogen) atoms. The second-order valence-electron chi connectivity index (χ2n) is 10.5. The number of ether oxygens (including phenoxy) is 3. The number of halogens is 1. The quantitative estimate of drug-likeness (QED) is 0.265. The molecule has 6 nitrogen and oxygen atoms in total. The molecule has 2 atom stereocenters. The molecule has 0 amide bonds. The summed E-state index contributed by atoms with van der Waals surface area (Å²) in [6.45, 7) is 4.63. The van der Waals surface area contributed by atoms with Crippen molar-refractivity contribution < 1.29 is 23.4 Å². The molecular formula is C32H31FN2O4. The number of hydrogen-bond acceptors (Lipinski definition) is 5. The first-order chi connectivity index (χ1) is 18.8. The first-order valence-electron chi connectivity index (χ1n) is 13.2. The van der Waals surface area contributed by atoms with Crippen LogP contribution in [0.5, 0.6) is 11.5 Å². The monoisotopic (exact) mass is 526 g/mol. The maximum atomic E-state index is 15.3. The Bertz CT molecular complexity index is 1570. The number of benzene rings is 3. The van der Waals surface area contributed by atoms with E-state index in [1.165, 1.54) is 7.11 Å². The molecule has 3 aromatic carbocycles. The molecule has 200 valence electrons. The van der Waals surface area contributed by atoms with Gasteiger partial charge in [-0.05, 0) is 78.8 Å². The zero-order valence-corrected chi connectivity index (χ0v) is 22.6. The van der Waals surface area contributed by atoms with E-state index in [2.05, 4.69) is 31.0 Å². The molecule has 0 fully saturated rings. The number of aryl methyl sites for hydroxylation is 3. The van der Waals surface area contributed by atoms with Crippen LogP contribution < -0.4 is 9.47 Å². The Morgan fingerprint density at radius 3 is 2.67 bits per heavy atom. The first-order valence-corrected chi connectivity index (χ1v) is 13.2. The number of hydrogen-bond donors (Lipinski definition) is 0. The van der Waals surface area contributed by atoms with E-state index in [9.17, 15) is 4.79 Å². The Morgan fingerprint density at radius 2 is 1.95 bits per heavy atom. The molecule has 0 radical (unpaired) electrons. The average Bonchev–Trinajstić information content (AvgIpc) is 3.64. The Labute approximate surface area is 227 Å². The van der Waals surface area contributed by atoms with E-state index in [0.717, 1.165) is 51.1 Å². The van der Waals surface area contributed by atoms with E-state index in [-0.39, 0.29) is 24.1 Å². The first kappa shape index (κ1) is 25.2. The molecule has 6 rings (SSSR count). The van der Waals surface area contributed by atoms with Crippen molar-refractivity contribution in [2.75, 3.05) is 13.7 Å². The van der Waals surface area contributed by atoms with Crippen molar-refractivity contribution >= 4 is 5.97 Å². The maximum Gasteiger partial charge on any atom is 0.306 e. The fourth-order valence-electron chi connectivity index (χ4n) is 6.07. The van der Waals surface area contributed by atoms with E-state index in [1.54, 1.807) is 12.4 Å². The highest BCUT2D eigenvalue weighted by molar-refractivity contribution is 5.79. The van der Waals surface area contributed by atoms with Crippen LogP contribution in [-0.2, 0) is 23.0 Å². The zero-order chi connectivity index (χ0) is 27.3. The Kier molecular flexibility index (Phi) is 6.37. The van der Waals surface area contributed by atoms with Gasteiger partial charge in [-0.3, -0.25) is 4.79 Å². The minimum Gasteiger partial charge on any atom is -0.492 e. The molecule has 0 bridgehead atoms. The normalized spacial score (nSPS) is 17.5. The maximum absolute atomic E-state index is 15.3. The van der Waals surface area contributed by atoms with Crippen molar-refractivity contribution in [3.8, 4) is 33.9 Å².